The average molecular weight is 257 g/mol. The van der Waals surface area contributed by atoms with Crippen LogP contribution in [-0.4, -0.2) is 16.0 Å². The molecule has 0 aromatic heterocycles. The molecule has 0 unspecified atom stereocenters. The van der Waals surface area contributed by atoms with Gasteiger partial charge >= 0.3 is 0 Å². The fourth-order valence-corrected chi connectivity index (χ4v) is 1.55. The second-order valence-electron chi connectivity index (χ2n) is 2.85. The van der Waals surface area contributed by atoms with E-state index in [0.29, 0.717) is 4.47 Å². The second-order valence-corrected chi connectivity index (χ2v) is 3.77. The van der Waals surface area contributed by atoms with E-state index < -0.39 is 0 Å². The van der Waals surface area contributed by atoms with Gasteiger partial charge in [-0.3, -0.25) is 4.79 Å². The highest BCUT2D eigenvalue weighted by atomic mass is 79.9. The van der Waals surface area contributed by atoms with E-state index in [0.717, 1.165) is 0 Å². The molecule has 0 radical (unpaired) electrons. The van der Waals surface area contributed by atoms with Crippen LogP contribution < -0.4 is 0 Å². The highest BCUT2D eigenvalue weighted by Crippen LogP contribution is 2.30. The van der Waals surface area contributed by atoms with Crippen molar-refractivity contribution < 1.29 is 15.0 Å². The molecule has 4 heteroatoms. The molecule has 0 atom stereocenters. The highest BCUT2D eigenvalue weighted by molar-refractivity contribution is 9.10. The number of hydrogen-bond donors (Lipinski definition) is 2. The molecule has 0 fully saturated rings. The normalized spacial score (nSPS) is 9.86. The zero-order valence-electron chi connectivity index (χ0n) is 7.54. The number of aromatic hydroxyl groups is 1. The molecule has 0 aliphatic carbocycles. The molecule has 1 aromatic rings. The first-order chi connectivity index (χ1) is 6.43. The lowest BCUT2D eigenvalue weighted by Crippen LogP contribution is -1.96. The molecular weight excluding hydrogens is 248 g/mol. The van der Waals surface area contributed by atoms with E-state index in [-0.39, 0.29) is 28.4 Å². The molecule has 0 saturated heterocycles. The first-order valence-electron chi connectivity index (χ1n) is 3.85. The minimum absolute atomic E-state index is 0.157. The Balaban J connectivity index is 3.47. The summed E-state index contributed by atoms with van der Waals surface area (Å²) in [4.78, 5) is 11.1. The number of aliphatic hydroxyl groups is 1. The highest BCUT2D eigenvalue weighted by Gasteiger charge is 2.14. The van der Waals surface area contributed by atoms with E-state index in [4.69, 9.17) is 5.11 Å². The summed E-state index contributed by atoms with van der Waals surface area (Å²) in [5.74, 6) is -0.786. The van der Waals surface area contributed by atoms with E-state index in [1.807, 2.05) is 0 Å². The lowest BCUT2D eigenvalue weighted by atomic mass is 10.1. The molecule has 74 valence electrons. The number of benzene rings is 1. The van der Waals surface area contributed by atoms with Crippen LogP contribution in [0.4, 0.5) is 0 Å². The number of carbonyl (C=O) groups excluding carboxylic acids is 1. The maximum Gasteiger partial charge on any atom is 0.163 e. The lowest BCUT2D eigenvalue weighted by Gasteiger charge is -2.07. The molecule has 0 spiro atoms. The maximum absolute atomic E-state index is 11.1. The summed E-state index contributed by atoms with van der Waals surface area (Å²) >= 11 is 3.17. The van der Waals surface area contributed by atoms with E-state index in [1.165, 1.54) is 19.1 Å². The van der Waals surface area contributed by atoms with Gasteiger partial charge in [-0.15, -0.1) is 0 Å². The van der Waals surface area contributed by atoms with Crippen LogP contribution in [0.25, 0.3) is 5.76 Å². The van der Waals surface area contributed by atoms with Crippen LogP contribution in [0.1, 0.15) is 22.8 Å². The van der Waals surface area contributed by atoms with Gasteiger partial charge in [0.25, 0.3) is 0 Å². The van der Waals surface area contributed by atoms with Gasteiger partial charge in [0.05, 0.1) is 11.1 Å². The molecular formula is C10H9BrO3. The summed E-state index contributed by atoms with van der Waals surface area (Å²) in [6.45, 7) is 4.63. The third-order valence-electron chi connectivity index (χ3n) is 1.76. The number of aliphatic hydroxyl groups excluding tert-OH is 1. The number of Topliss-reactive ketones (excluding diaryl/α,β-unsaturated/α-hetero) is 1. The van der Waals surface area contributed by atoms with E-state index in [9.17, 15) is 9.90 Å². The molecule has 0 heterocycles. The molecule has 14 heavy (non-hydrogen) atoms. The van der Waals surface area contributed by atoms with Gasteiger partial charge in [-0.05, 0) is 19.1 Å². The Hall–Kier alpha value is -1.29. The summed E-state index contributed by atoms with van der Waals surface area (Å²) in [5.41, 5.74) is 0.314. The Morgan fingerprint density at radius 1 is 1.43 bits per heavy atom. The summed E-state index contributed by atoms with van der Waals surface area (Å²) in [5, 5.41) is 18.7. The van der Waals surface area contributed by atoms with E-state index >= 15 is 0 Å². The summed E-state index contributed by atoms with van der Waals surface area (Å²) in [6.07, 6.45) is 0. The third kappa shape index (κ3) is 1.96. The number of ketones is 1. The summed E-state index contributed by atoms with van der Waals surface area (Å²) in [6, 6.07) is 2.98. The molecule has 0 aliphatic rings. The molecule has 2 N–H and O–H groups in total. The summed E-state index contributed by atoms with van der Waals surface area (Å²) < 4.78 is 0.603. The van der Waals surface area contributed by atoms with Gasteiger partial charge in [-0.25, -0.2) is 0 Å². The van der Waals surface area contributed by atoms with Gasteiger partial charge in [-0.1, -0.05) is 22.5 Å². The second kappa shape index (κ2) is 3.84. The Morgan fingerprint density at radius 2 is 1.93 bits per heavy atom. The van der Waals surface area contributed by atoms with Crippen molar-refractivity contribution >= 4 is 27.5 Å². The number of rotatable bonds is 2. The first-order valence-corrected chi connectivity index (χ1v) is 4.64. The van der Waals surface area contributed by atoms with Crippen molar-refractivity contribution in [2.24, 2.45) is 0 Å². The smallest absolute Gasteiger partial charge is 0.163 e. The molecule has 1 aromatic carbocycles. The topological polar surface area (TPSA) is 57.5 Å². The van der Waals surface area contributed by atoms with Gasteiger partial charge in [0.15, 0.2) is 5.78 Å². The molecule has 0 saturated carbocycles. The minimum Gasteiger partial charge on any atom is -0.508 e. The number of halogens is 1. The van der Waals surface area contributed by atoms with Crippen LogP contribution in [0.2, 0.25) is 0 Å². The number of phenols is 1. The molecule has 0 amide bonds. The van der Waals surface area contributed by atoms with E-state index in [2.05, 4.69) is 22.5 Å². The Labute approximate surface area is 89.8 Å². The number of carbonyl (C=O) groups is 1. The maximum atomic E-state index is 11.1. The van der Waals surface area contributed by atoms with Crippen molar-refractivity contribution in [3.05, 3.63) is 34.3 Å². The van der Waals surface area contributed by atoms with Crippen LogP contribution in [0.5, 0.6) is 5.75 Å². The van der Waals surface area contributed by atoms with Gasteiger partial charge in [0.1, 0.15) is 11.5 Å². The predicted octanol–water partition coefficient (Wildman–Crippen LogP) is 2.89. The third-order valence-corrected chi connectivity index (χ3v) is 2.22. The van der Waals surface area contributed by atoms with Crippen LogP contribution >= 0.6 is 15.9 Å². The zero-order valence-corrected chi connectivity index (χ0v) is 9.13. The Bertz CT molecular complexity index is 375. The SMILES string of the molecule is C=C(O)c1cc(Br)cc(C(C)=O)c1O. The van der Waals surface area contributed by atoms with Crippen LogP contribution in [0.15, 0.2) is 23.2 Å². The van der Waals surface area contributed by atoms with Gasteiger partial charge in [0, 0.05) is 4.47 Å². The van der Waals surface area contributed by atoms with Crippen molar-refractivity contribution in [2.45, 2.75) is 6.92 Å². The quantitative estimate of drug-likeness (QED) is 0.632. The minimum atomic E-state index is -0.272. The van der Waals surface area contributed by atoms with Crippen molar-refractivity contribution in [1.82, 2.24) is 0 Å². The lowest BCUT2D eigenvalue weighted by molar-refractivity contribution is 0.101. The average Bonchev–Trinajstić information content (AvgIpc) is 2.07. The summed E-state index contributed by atoms with van der Waals surface area (Å²) in [7, 11) is 0. The van der Waals surface area contributed by atoms with Crippen LogP contribution in [0.3, 0.4) is 0 Å². The fraction of sp³-hybridized carbons (Fsp3) is 0.100. The molecule has 1 rings (SSSR count). The zero-order chi connectivity index (χ0) is 10.9. The number of hydrogen-bond acceptors (Lipinski definition) is 3. The van der Waals surface area contributed by atoms with Crippen molar-refractivity contribution in [1.29, 1.82) is 0 Å². The Kier molecular flexibility index (Phi) is 2.96. The van der Waals surface area contributed by atoms with Gasteiger partial charge in [0.2, 0.25) is 0 Å². The standard InChI is InChI=1S/C10H9BrO3/c1-5(12)8-3-7(11)4-9(6(2)13)10(8)14/h3-4,12,14H,1H2,2H3. The fourth-order valence-electron chi connectivity index (χ4n) is 1.09. The largest absolute Gasteiger partial charge is 0.508 e. The number of phenolic OH excluding ortho intramolecular Hbond substituents is 1. The van der Waals surface area contributed by atoms with Crippen molar-refractivity contribution in [3.8, 4) is 5.75 Å². The Morgan fingerprint density at radius 3 is 2.36 bits per heavy atom. The van der Waals surface area contributed by atoms with Crippen LogP contribution in [0, 0.1) is 0 Å². The van der Waals surface area contributed by atoms with Crippen molar-refractivity contribution in [2.75, 3.05) is 0 Å². The van der Waals surface area contributed by atoms with Crippen molar-refractivity contribution in [3.63, 3.8) is 0 Å². The van der Waals surface area contributed by atoms with Gasteiger partial charge in [-0.2, -0.15) is 0 Å². The first kappa shape index (κ1) is 10.8. The molecule has 0 aliphatic heterocycles. The molecule has 0 bridgehead atoms. The molecule has 3 nitrogen and oxygen atoms in total. The predicted molar refractivity (Wildman–Crippen MR) is 57.5 cm³/mol. The van der Waals surface area contributed by atoms with E-state index in [1.54, 1.807) is 0 Å². The monoisotopic (exact) mass is 256 g/mol. The van der Waals surface area contributed by atoms with Gasteiger partial charge < -0.3 is 10.2 Å². The van der Waals surface area contributed by atoms with Crippen LogP contribution in [-0.2, 0) is 0 Å².